The van der Waals surface area contributed by atoms with Gasteiger partial charge in [0.25, 0.3) is 5.91 Å². The zero-order valence-corrected chi connectivity index (χ0v) is 16.3. The van der Waals surface area contributed by atoms with Gasteiger partial charge in [0.2, 0.25) is 6.10 Å². The Kier molecular flexibility index (Phi) is 5.31. The number of nitrogens with one attached hydrogen (secondary N) is 1. The molecule has 1 aliphatic rings. The van der Waals surface area contributed by atoms with Crippen LogP contribution in [0.1, 0.15) is 29.4 Å². The third-order valence-electron chi connectivity index (χ3n) is 4.73. The maximum absolute atomic E-state index is 13.5. The molecule has 0 bridgehead atoms. The van der Waals surface area contributed by atoms with Crippen molar-refractivity contribution in [2.75, 3.05) is 0 Å². The van der Waals surface area contributed by atoms with E-state index in [0.717, 1.165) is 5.56 Å². The number of halogens is 2. The highest BCUT2D eigenvalue weighted by Gasteiger charge is 2.32. The first-order valence-corrected chi connectivity index (χ1v) is 9.41. The number of hydrogen-bond acceptors (Lipinski definition) is 4. The largest absolute Gasteiger partial charge is 0.382 e. The van der Waals surface area contributed by atoms with Crippen LogP contribution >= 0.6 is 11.6 Å². The summed E-state index contributed by atoms with van der Waals surface area (Å²) in [6.45, 7) is 0. The van der Waals surface area contributed by atoms with Crippen molar-refractivity contribution in [2.45, 2.75) is 18.6 Å². The Morgan fingerprint density at radius 3 is 2.79 bits per heavy atom. The number of carbonyl (C=O) groups excluding carboxylic acids is 1. The summed E-state index contributed by atoms with van der Waals surface area (Å²) in [6, 6.07) is 12.8. The lowest BCUT2D eigenvalue weighted by Crippen LogP contribution is -2.38. The van der Waals surface area contributed by atoms with Crippen LogP contribution in [-0.2, 0) is 16.7 Å². The van der Waals surface area contributed by atoms with Crippen LogP contribution < -0.4 is 5.32 Å². The SMILES string of the molecule is Cn1ccnc1[C@@H](NC(=O)[C@H]1CC(c2cccc(F)c2)=NO1)c1ccc(Cl)cc1. The number of oxime groups is 1. The average molecular weight is 413 g/mol. The van der Waals surface area contributed by atoms with Crippen molar-refractivity contribution < 1.29 is 14.0 Å². The molecule has 4 rings (SSSR count). The molecule has 8 heteroatoms. The van der Waals surface area contributed by atoms with Gasteiger partial charge in [0, 0.05) is 36.4 Å². The Morgan fingerprint density at radius 2 is 2.10 bits per heavy atom. The molecule has 1 amide bonds. The molecule has 2 aromatic carbocycles. The van der Waals surface area contributed by atoms with Gasteiger partial charge < -0.3 is 14.7 Å². The second kappa shape index (κ2) is 8.05. The van der Waals surface area contributed by atoms with Gasteiger partial charge in [0.1, 0.15) is 17.7 Å². The van der Waals surface area contributed by atoms with Crippen LogP contribution in [0.15, 0.2) is 66.1 Å². The first-order valence-electron chi connectivity index (χ1n) is 9.03. The monoisotopic (exact) mass is 412 g/mol. The minimum Gasteiger partial charge on any atom is -0.382 e. The van der Waals surface area contributed by atoms with E-state index in [0.29, 0.717) is 22.1 Å². The Hall–Kier alpha value is -3.19. The summed E-state index contributed by atoms with van der Waals surface area (Å²) in [4.78, 5) is 22.6. The molecule has 6 nitrogen and oxygen atoms in total. The first kappa shape index (κ1) is 19.1. The van der Waals surface area contributed by atoms with Gasteiger partial charge in [0.15, 0.2) is 0 Å². The predicted molar refractivity (Wildman–Crippen MR) is 107 cm³/mol. The van der Waals surface area contributed by atoms with E-state index >= 15 is 0 Å². The Labute approximate surface area is 172 Å². The highest BCUT2D eigenvalue weighted by atomic mass is 35.5. The predicted octanol–water partition coefficient (Wildman–Crippen LogP) is 3.61. The average Bonchev–Trinajstić information content (AvgIpc) is 3.36. The molecule has 0 unspecified atom stereocenters. The van der Waals surface area contributed by atoms with E-state index in [1.165, 1.54) is 12.1 Å². The number of imidazole rings is 1. The summed E-state index contributed by atoms with van der Waals surface area (Å²) in [6.07, 6.45) is 2.93. The zero-order chi connectivity index (χ0) is 20.4. The molecule has 1 N–H and O–H groups in total. The molecule has 0 fully saturated rings. The molecule has 0 radical (unpaired) electrons. The lowest BCUT2D eigenvalue weighted by molar-refractivity contribution is -0.131. The molecule has 0 aliphatic carbocycles. The highest BCUT2D eigenvalue weighted by molar-refractivity contribution is 6.30. The molecular formula is C21H18ClFN4O2. The van der Waals surface area contributed by atoms with E-state index in [1.54, 1.807) is 30.5 Å². The van der Waals surface area contributed by atoms with E-state index in [4.69, 9.17) is 16.4 Å². The molecule has 2 heterocycles. The number of benzene rings is 2. The smallest absolute Gasteiger partial charge is 0.265 e. The van der Waals surface area contributed by atoms with Crippen LogP contribution in [0.5, 0.6) is 0 Å². The summed E-state index contributed by atoms with van der Waals surface area (Å²) in [5.74, 6) is -0.0243. The van der Waals surface area contributed by atoms with Crippen LogP contribution in [-0.4, -0.2) is 27.3 Å². The first-order chi connectivity index (χ1) is 14.0. The molecule has 0 saturated carbocycles. The van der Waals surface area contributed by atoms with Crippen LogP contribution in [0.3, 0.4) is 0 Å². The molecule has 1 aromatic heterocycles. The van der Waals surface area contributed by atoms with Gasteiger partial charge in [-0.05, 0) is 29.8 Å². The number of rotatable bonds is 5. The normalized spacial score (nSPS) is 16.8. The van der Waals surface area contributed by atoms with Crippen molar-refractivity contribution in [3.05, 3.63) is 88.7 Å². The van der Waals surface area contributed by atoms with E-state index in [9.17, 15) is 9.18 Å². The van der Waals surface area contributed by atoms with Crippen LogP contribution in [0.2, 0.25) is 5.02 Å². The Bertz CT molecular complexity index is 1060. The second-order valence-corrected chi connectivity index (χ2v) is 7.17. The third kappa shape index (κ3) is 4.14. The number of hydrogen-bond donors (Lipinski definition) is 1. The summed E-state index contributed by atoms with van der Waals surface area (Å²) in [5.41, 5.74) is 1.96. The van der Waals surface area contributed by atoms with Crippen molar-refractivity contribution in [3.8, 4) is 0 Å². The van der Waals surface area contributed by atoms with E-state index < -0.39 is 12.1 Å². The van der Waals surface area contributed by atoms with Crippen LogP contribution in [0, 0.1) is 5.82 Å². The summed E-state index contributed by atoms with van der Waals surface area (Å²) < 4.78 is 15.3. The Morgan fingerprint density at radius 1 is 1.31 bits per heavy atom. The van der Waals surface area contributed by atoms with Gasteiger partial charge in [-0.3, -0.25) is 4.79 Å². The summed E-state index contributed by atoms with van der Waals surface area (Å²) >= 11 is 6.00. The highest BCUT2D eigenvalue weighted by Crippen LogP contribution is 2.24. The van der Waals surface area contributed by atoms with Crippen LogP contribution in [0.25, 0.3) is 0 Å². The standard InChI is InChI=1S/C21H18ClFN4O2/c1-27-10-9-24-20(27)19(13-5-7-15(22)8-6-13)25-21(28)18-12-17(26-29-18)14-3-2-4-16(23)11-14/h2-11,18-19H,12H2,1H3,(H,25,28)/t18-,19+/m1/s1. The lowest BCUT2D eigenvalue weighted by Gasteiger charge is -2.20. The number of aryl methyl sites for hydroxylation is 1. The zero-order valence-electron chi connectivity index (χ0n) is 15.5. The minimum atomic E-state index is -0.802. The molecule has 0 saturated heterocycles. The lowest BCUT2D eigenvalue weighted by atomic mass is 10.0. The number of aromatic nitrogens is 2. The van der Waals surface area contributed by atoms with Gasteiger partial charge in [-0.15, -0.1) is 0 Å². The van der Waals surface area contributed by atoms with E-state index in [1.807, 2.05) is 29.9 Å². The molecule has 0 spiro atoms. The third-order valence-corrected chi connectivity index (χ3v) is 4.98. The van der Waals surface area contributed by atoms with Gasteiger partial charge in [-0.2, -0.15) is 0 Å². The summed E-state index contributed by atoms with van der Waals surface area (Å²) in [7, 11) is 1.86. The van der Waals surface area contributed by atoms with Crippen molar-refractivity contribution >= 4 is 23.2 Å². The topological polar surface area (TPSA) is 68.5 Å². The minimum absolute atomic E-state index is 0.253. The fourth-order valence-electron chi connectivity index (χ4n) is 3.20. The molecular weight excluding hydrogens is 395 g/mol. The van der Waals surface area contributed by atoms with Crippen LogP contribution in [0.4, 0.5) is 4.39 Å². The Balaban J connectivity index is 1.52. The maximum atomic E-state index is 13.5. The number of carbonyl (C=O) groups is 1. The molecule has 148 valence electrons. The fourth-order valence-corrected chi connectivity index (χ4v) is 3.33. The van der Waals surface area contributed by atoms with Gasteiger partial charge >= 0.3 is 0 Å². The van der Waals surface area contributed by atoms with E-state index in [2.05, 4.69) is 15.5 Å². The molecule has 1 aliphatic heterocycles. The molecule has 3 aromatic rings. The molecule has 29 heavy (non-hydrogen) atoms. The van der Waals surface area contributed by atoms with Crippen molar-refractivity contribution in [1.29, 1.82) is 0 Å². The fraction of sp³-hybridized carbons (Fsp3) is 0.190. The molecule has 2 atom stereocenters. The van der Waals surface area contributed by atoms with Gasteiger partial charge in [0.05, 0.1) is 5.71 Å². The van der Waals surface area contributed by atoms with Crippen molar-refractivity contribution in [1.82, 2.24) is 14.9 Å². The number of nitrogens with zero attached hydrogens (tertiary/aromatic N) is 3. The quantitative estimate of drug-likeness (QED) is 0.696. The van der Waals surface area contributed by atoms with Gasteiger partial charge in [-0.1, -0.05) is 41.0 Å². The summed E-state index contributed by atoms with van der Waals surface area (Å²) in [5, 5.41) is 7.56. The van der Waals surface area contributed by atoms with Crippen molar-refractivity contribution in [2.24, 2.45) is 12.2 Å². The maximum Gasteiger partial charge on any atom is 0.265 e. The van der Waals surface area contributed by atoms with E-state index in [-0.39, 0.29) is 18.1 Å². The van der Waals surface area contributed by atoms with Gasteiger partial charge in [-0.25, -0.2) is 9.37 Å². The number of amides is 1. The second-order valence-electron chi connectivity index (χ2n) is 6.74. The van der Waals surface area contributed by atoms with Crippen molar-refractivity contribution in [3.63, 3.8) is 0 Å².